The number of likely N-dealkylation sites (N-methyl/N-ethyl adjacent to an activating group) is 1. The van der Waals surface area contributed by atoms with E-state index in [1.807, 2.05) is 17.5 Å². The van der Waals surface area contributed by atoms with Crippen LogP contribution in [0.3, 0.4) is 0 Å². The van der Waals surface area contributed by atoms with Crippen LogP contribution in [-0.2, 0) is 11.2 Å². The largest absolute Gasteiger partial charge is 0.338 e. The number of hydrogen-bond acceptors (Lipinski definition) is 6. The molecule has 1 aliphatic heterocycles. The summed E-state index contributed by atoms with van der Waals surface area (Å²) in [6.45, 7) is 5.84. The van der Waals surface area contributed by atoms with E-state index in [0.29, 0.717) is 12.5 Å². The topological polar surface area (TPSA) is 51.7 Å². The van der Waals surface area contributed by atoms with Gasteiger partial charge >= 0.3 is 0 Å². The van der Waals surface area contributed by atoms with E-state index >= 15 is 0 Å². The zero-order chi connectivity index (χ0) is 20.8. The number of anilines is 2. The van der Waals surface area contributed by atoms with Gasteiger partial charge in [0.05, 0.1) is 12.1 Å². The fourth-order valence-electron chi connectivity index (χ4n) is 3.67. The van der Waals surface area contributed by atoms with Crippen LogP contribution in [0.2, 0.25) is 0 Å². The summed E-state index contributed by atoms with van der Waals surface area (Å²) in [5.74, 6) is 0.189. The van der Waals surface area contributed by atoms with Crippen molar-refractivity contribution >= 4 is 28.1 Å². The molecule has 0 atom stereocenters. The third-order valence-electron chi connectivity index (χ3n) is 5.39. The predicted molar refractivity (Wildman–Crippen MR) is 121 cm³/mol. The molecular weight excluding hydrogens is 382 g/mol. The van der Waals surface area contributed by atoms with Gasteiger partial charge < -0.3 is 20.0 Å². The second-order valence-electron chi connectivity index (χ2n) is 8.24. The van der Waals surface area contributed by atoms with Gasteiger partial charge in [-0.15, -0.1) is 11.3 Å². The Kier molecular flexibility index (Phi) is 7.64. The highest BCUT2D eigenvalue weighted by atomic mass is 32.1. The first kappa shape index (κ1) is 21.7. The van der Waals surface area contributed by atoms with Crippen LogP contribution >= 0.6 is 11.3 Å². The Bertz CT molecular complexity index is 798. The van der Waals surface area contributed by atoms with Gasteiger partial charge in [0.25, 0.3) is 0 Å². The monoisotopic (exact) mass is 415 g/mol. The zero-order valence-electron chi connectivity index (χ0n) is 18.0. The van der Waals surface area contributed by atoms with Gasteiger partial charge in [0, 0.05) is 30.2 Å². The van der Waals surface area contributed by atoms with Crippen molar-refractivity contribution in [3.05, 3.63) is 40.9 Å². The quantitative estimate of drug-likeness (QED) is 0.717. The first-order valence-electron chi connectivity index (χ1n) is 10.3. The molecule has 3 rings (SSSR count). The van der Waals surface area contributed by atoms with Crippen LogP contribution in [0.1, 0.15) is 24.1 Å². The Morgan fingerprint density at radius 1 is 1.28 bits per heavy atom. The summed E-state index contributed by atoms with van der Waals surface area (Å²) in [7, 11) is 6.27. The van der Waals surface area contributed by atoms with Crippen LogP contribution in [0.25, 0.3) is 0 Å². The number of likely N-dealkylation sites (tertiary alicyclic amines) is 1. The zero-order valence-corrected chi connectivity index (χ0v) is 18.8. The number of aryl methyl sites for hydroxylation is 1. The molecule has 1 amide bonds. The van der Waals surface area contributed by atoms with Crippen LogP contribution in [0.4, 0.5) is 10.8 Å². The van der Waals surface area contributed by atoms with Crippen molar-refractivity contribution in [3.8, 4) is 0 Å². The normalized spacial score (nSPS) is 15.6. The molecule has 1 aliphatic rings. The number of piperidine rings is 1. The number of nitrogens with one attached hydrogen (secondary N) is 1. The molecule has 0 aliphatic carbocycles. The molecule has 0 bridgehead atoms. The maximum Gasteiger partial charge on any atom is 0.228 e. The number of nitrogens with zero attached hydrogens (tertiary/aromatic N) is 4. The number of thiazole rings is 1. The second kappa shape index (κ2) is 10.2. The minimum Gasteiger partial charge on any atom is -0.338 e. The lowest BCUT2D eigenvalue weighted by Gasteiger charge is -2.38. The molecule has 0 saturated carbocycles. The highest BCUT2D eigenvalue weighted by Gasteiger charge is 2.27. The fourth-order valence-corrected chi connectivity index (χ4v) is 4.40. The molecule has 2 heterocycles. The van der Waals surface area contributed by atoms with E-state index in [0.717, 1.165) is 55.5 Å². The molecular formula is C22H33N5OS. The second-order valence-corrected chi connectivity index (χ2v) is 9.10. The van der Waals surface area contributed by atoms with Crippen molar-refractivity contribution in [2.24, 2.45) is 0 Å². The van der Waals surface area contributed by atoms with Gasteiger partial charge in [-0.1, -0.05) is 12.1 Å². The molecule has 7 heteroatoms. The average molecular weight is 416 g/mol. The van der Waals surface area contributed by atoms with E-state index < -0.39 is 0 Å². The minimum atomic E-state index is 0.189. The van der Waals surface area contributed by atoms with Gasteiger partial charge in [-0.25, -0.2) is 4.98 Å². The number of aromatic nitrogens is 1. The number of benzene rings is 1. The summed E-state index contributed by atoms with van der Waals surface area (Å²) in [6, 6.07) is 8.56. The third kappa shape index (κ3) is 6.52. The Morgan fingerprint density at radius 3 is 2.72 bits per heavy atom. The summed E-state index contributed by atoms with van der Waals surface area (Å²) in [6.07, 6.45) is 2.46. The number of hydrogen-bond donors (Lipinski definition) is 1. The molecule has 6 nitrogen and oxygen atoms in total. The van der Waals surface area contributed by atoms with Gasteiger partial charge in [-0.2, -0.15) is 0 Å². The number of amides is 1. The molecule has 0 unspecified atom stereocenters. The van der Waals surface area contributed by atoms with Crippen LogP contribution < -0.4 is 5.32 Å². The Labute approximate surface area is 178 Å². The summed E-state index contributed by atoms with van der Waals surface area (Å²) >= 11 is 1.55. The number of rotatable bonds is 8. The molecule has 2 aromatic rings. The van der Waals surface area contributed by atoms with Crippen LogP contribution in [-0.4, -0.2) is 79.0 Å². The summed E-state index contributed by atoms with van der Waals surface area (Å²) < 4.78 is 0. The summed E-state index contributed by atoms with van der Waals surface area (Å²) in [4.78, 5) is 24.4. The summed E-state index contributed by atoms with van der Waals surface area (Å²) in [5.41, 5.74) is 3.07. The molecule has 1 aromatic carbocycles. The van der Waals surface area contributed by atoms with Gasteiger partial charge in [0.1, 0.15) is 0 Å². The van der Waals surface area contributed by atoms with E-state index in [9.17, 15) is 4.79 Å². The summed E-state index contributed by atoms with van der Waals surface area (Å²) in [5, 5.41) is 6.17. The molecule has 29 heavy (non-hydrogen) atoms. The predicted octanol–water partition coefficient (Wildman–Crippen LogP) is 3.22. The number of carbonyl (C=O) groups is 1. The molecule has 0 radical (unpaired) electrons. The lowest BCUT2D eigenvalue weighted by molar-refractivity contribution is -0.134. The first-order chi connectivity index (χ1) is 13.9. The first-order valence-corrected chi connectivity index (χ1v) is 11.2. The van der Waals surface area contributed by atoms with Gasteiger partial charge in [0.15, 0.2) is 5.13 Å². The van der Waals surface area contributed by atoms with Crippen molar-refractivity contribution in [1.29, 1.82) is 0 Å². The molecule has 0 spiro atoms. The molecule has 1 fully saturated rings. The minimum absolute atomic E-state index is 0.189. The van der Waals surface area contributed by atoms with Crippen LogP contribution in [0.5, 0.6) is 0 Å². The van der Waals surface area contributed by atoms with Gasteiger partial charge in [0.2, 0.25) is 5.91 Å². The van der Waals surface area contributed by atoms with Crippen molar-refractivity contribution in [3.63, 3.8) is 0 Å². The maximum absolute atomic E-state index is 13.2. The van der Waals surface area contributed by atoms with E-state index in [2.05, 4.69) is 65.2 Å². The third-order valence-corrected chi connectivity index (χ3v) is 6.20. The molecule has 1 saturated heterocycles. The SMILES string of the molecule is Cc1cccc(Nc2nc(CC(=O)N(CCN(C)C)C3CCN(C)CC3)cs2)c1. The highest BCUT2D eigenvalue weighted by molar-refractivity contribution is 7.13. The lowest BCUT2D eigenvalue weighted by Crippen LogP contribution is -2.49. The van der Waals surface area contributed by atoms with E-state index in [-0.39, 0.29) is 5.91 Å². The van der Waals surface area contributed by atoms with Crippen molar-refractivity contribution in [2.45, 2.75) is 32.2 Å². The standard InChI is InChI=1S/C22H33N5OS/c1-17-6-5-7-18(14-17)23-22-24-19(16-29-22)15-21(28)27(13-12-25(2)3)20-8-10-26(4)11-9-20/h5-7,14,16,20H,8-13,15H2,1-4H3,(H,23,24). The van der Waals surface area contributed by atoms with Gasteiger partial charge in [-0.3, -0.25) is 4.79 Å². The fraction of sp³-hybridized carbons (Fsp3) is 0.545. The highest BCUT2D eigenvalue weighted by Crippen LogP contribution is 2.23. The van der Waals surface area contributed by atoms with E-state index in [4.69, 9.17) is 0 Å². The lowest BCUT2D eigenvalue weighted by atomic mass is 10.0. The average Bonchev–Trinajstić information content (AvgIpc) is 3.10. The maximum atomic E-state index is 13.2. The van der Waals surface area contributed by atoms with Crippen molar-refractivity contribution < 1.29 is 4.79 Å². The van der Waals surface area contributed by atoms with E-state index in [1.54, 1.807) is 11.3 Å². The molecule has 158 valence electrons. The van der Waals surface area contributed by atoms with Gasteiger partial charge in [-0.05, 0) is 71.7 Å². The Hall–Kier alpha value is -1.96. The Balaban J connectivity index is 1.63. The molecule has 1 aromatic heterocycles. The van der Waals surface area contributed by atoms with Crippen LogP contribution in [0.15, 0.2) is 29.6 Å². The number of carbonyl (C=O) groups excluding carboxylic acids is 1. The van der Waals surface area contributed by atoms with E-state index in [1.165, 1.54) is 5.56 Å². The van der Waals surface area contributed by atoms with Crippen molar-refractivity contribution in [2.75, 3.05) is 52.6 Å². The molecule has 1 N–H and O–H groups in total. The smallest absolute Gasteiger partial charge is 0.228 e. The Morgan fingerprint density at radius 2 is 2.03 bits per heavy atom. The van der Waals surface area contributed by atoms with Crippen LogP contribution in [0, 0.1) is 6.92 Å². The van der Waals surface area contributed by atoms with Crippen molar-refractivity contribution in [1.82, 2.24) is 19.7 Å².